The standard InChI is InChI=1S/C4H9Cl.C4H9.Li/c1-2-3-4-5;1-3-4-2;/h2-4H2,1H3;1,3-4H2,2H3;. The predicted octanol–water partition coefficient (Wildman–Crippen LogP) is 3.40. The zero-order valence-electron chi connectivity index (χ0n) is 7.62. The van der Waals surface area contributed by atoms with Crippen molar-refractivity contribution in [2.24, 2.45) is 0 Å². The zero-order chi connectivity index (χ0) is 8.24. The summed E-state index contributed by atoms with van der Waals surface area (Å²) in [5.41, 5.74) is 0. The number of rotatable bonds is 4. The van der Waals surface area contributed by atoms with E-state index in [1.165, 1.54) is 24.4 Å². The second-order valence-electron chi connectivity index (χ2n) is 2.40. The Labute approximate surface area is 79.9 Å². The van der Waals surface area contributed by atoms with Gasteiger partial charge in [0.05, 0.1) is 0 Å². The van der Waals surface area contributed by atoms with Crippen LogP contribution in [0.4, 0.5) is 0 Å². The third-order valence-electron chi connectivity index (χ3n) is 1.19. The molecule has 0 fully saturated rings. The van der Waals surface area contributed by atoms with Gasteiger partial charge in [-0.15, -0.1) is 11.6 Å². The monoisotopic (exact) mass is 156 g/mol. The van der Waals surface area contributed by atoms with E-state index in [1.807, 2.05) is 0 Å². The van der Waals surface area contributed by atoms with Crippen LogP contribution < -0.4 is 0 Å². The summed E-state index contributed by atoms with van der Waals surface area (Å²) in [7, 11) is 0. The summed E-state index contributed by atoms with van der Waals surface area (Å²) in [4.78, 5) is 0. The van der Waals surface area contributed by atoms with Crippen molar-refractivity contribution in [2.75, 3.05) is 5.88 Å². The fraction of sp³-hybridized carbons (Fsp3) is 1.00. The summed E-state index contributed by atoms with van der Waals surface area (Å²) in [6, 6.07) is 0. The van der Waals surface area contributed by atoms with Gasteiger partial charge < -0.3 is 0 Å². The van der Waals surface area contributed by atoms with Gasteiger partial charge in [-0.1, -0.05) is 13.3 Å². The van der Waals surface area contributed by atoms with Gasteiger partial charge in [-0.25, -0.2) is 0 Å². The minimum atomic E-state index is 0.816. The second-order valence-corrected chi connectivity index (χ2v) is 2.77. The Hall–Kier alpha value is 0.887. The van der Waals surface area contributed by atoms with Crippen LogP contribution >= 0.6 is 11.6 Å². The number of halogens is 1. The molecule has 58 valence electrons. The number of hydrogen-bond donors (Lipinski definition) is 0. The van der Waals surface area contributed by atoms with E-state index in [-0.39, 0.29) is 0 Å². The first-order valence-electron chi connectivity index (χ1n) is 4.39. The summed E-state index contributed by atoms with van der Waals surface area (Å²) >= 11 is 7.51. The maximum absolute atomic E-state index is 5.30. The molecule has 0 aliphatic heterocycles. The predicted molar refractivity (Wildman–Crippen MR) is 51.1 cm³/mol. The molecule has 0 spiro atoms. The molecular formula is C8H18ClLi. The van der Waals surface area contributed by atoms with Crippen molar-refractivity contribution in [1.29, 1.82) is 0 Å². The van der Waals surface area contributed by atoms with E-state index in [9.17, 15) is 0 Å². The Balaban J connectivity index is 0. The summed E-state index contributed by atoms with van der Waals surface area (Å²) < 4.78 is 0. The zero-order valence-corrected chi connectivity index (χ0v) is 8.38. The molecular weight excluding hydrogens is 138 g/mol. The molecule has 0 aromatic carbocycles. The molecule has 0 saturated carbocycles. The van der Waals surface area contributed by atoms with Gasteiger partial charge in [-0.3, -0.25) is 0 Å². The van der Waals surface area contributed by atoms with Gasteiger partial charge in [-0.05, 0) is 6.42 Å². The summed E-state index contributed by atoms with van der Waals surface area (Å²) in [6.07, 6.45) is 5.10. The van der Waals surface area contributed by atoms with Crippen molar-refractivity contribution in [3.63, 3.8) is 0 Å². The summed E-state index contributed by atoms with van der Waals surface area (Å²) in [5, 5.41) is 1.34. The molecule has 0 saturated heterocycles. The second kappa shape index (κ2) is 16.5. The van der Waals surface area contributed by atoms with E-state index in [2.05, 4.69) is 31.6 Å². The van der Waals surface area contributed by atoms with Crippen LogP contribution in [0.2, 0.25) is 5.09 Å². The Kier molecular flexibility index (Phi) is 22.2. The first-order valence-corrected chi connectivity index (χ1v) is 4.92. The average Bonchev–Trinajstić information content (AvgIpc) is 1.93. The first kappa shape index (κ1) is 13.5. The minimum absolute atomic E-state index is 0.816. The topological polar surface area (TPSA) is 0 Å². The van der Waals surface area contributed by atoms with Gasteiger partial charge in [0.1, 0.15) is 0 Å². The van der Waals surface area contributed by atoms with Gasteiger partial charge in [0.25, 0.3) is 0 Å². The van der Waals surface area contributed by atoms with Gasteiger partial charge >= 0.3 is 42.6 Å². The fourth-order valence-corrected chi connectivity index (χ4v) is 0.754. The number of hydrogen-bond acceptors (Lipinski definition) is 0. The van der Waals surface area contributed by atoms with E-state index >= 15 is 0 Å². The fourth-order valence-electron chi connectivity index (χ4n) is 0.487. The Bertz CT molecular complexity index is 30.2. The third kappa shape index (κ3) is 23.1. The number of alkyl halides is 1. The van der Waals surface area contributed by atoms with Gasteiger partial charge in [0, 0.05) is 5.88 Å². The van der Waals surface area contributed by atoms with Crippen LogP contribution in [0.3, 0.4) is 0 Å². The molecule has 0 aromatic heterocycles. The van der Waals surface area contributed by atoms with Crippen LogP contribution in [0.1, 0.15) is 39.5 Å². The van der Waals surface area contributed by atoms with Crippen molar-refractivity contribution in [3.05, 3.63) is 0 Å². The number of unbranched alkanes of at least 4 members (excludes halogenated alkanes) is 2. The van der Waals surface area contributed by atoms with Crippen LogP contribution in [-0.2, 0) is 0 Å². The van der Waals surface area contributed by atoms with Crippen molar-refractivity contribution >= 4 is 29.3 Å². The van der Waals surface area contributed by atoms with Crippen molar-refractivity contribution in [1.82, 2.24) is 0 Å². The van der Waals surface area contributed by atoms with Gasteiger partial charge in [0.2, 0.25) is 0 Å². The van der Waals surface area contributed by atoms with Gasteiger partial charge in [-0.2, -0.15) is 0 Å². The van der Waals surface area contributed by atoms with Crippen LogP contribution in [0.25, 0.3) is 0 Å². The van der Waals surface area contributed by atoms with Crippen LogP contribution in [0.5, 0.6) is 0 Å². The summed E-state index contributed by atoms with van der Waals surface area (Å²) in [6.45, 7) is 4.34. The quantitative estimate of drug-likeness (QED) is 0.432. The molecule has 0 amide bonds. The third-order valence-corrected chi connectivity index (χ3v) is 1.46. The van der Waals surface area contributed by atoms with Crippen LogP contribution in [-0.4, -0.2) is 23.6 Å². The molecule has 0 nitrogen and oxygen atoms in total. The molecule has 10 heavy (non-hydrogen) atoms. The van der Waals surface area contributed by atoms with E-state index < -0.39 is 0 Å². The van der Waals surface area contributed by atoms with E-state index in [4.69, 9.17) is 11.6 Å². The van der Waals surface area contributed by atoms with Crippen molar-refractivity contribution in [2.45, 2.75) is 44.6 Å². The molecule has 0 bridgehead atoms. The van der Waals surface area contributed by atoms with E-state index in [1.54, 1.807) is 0 Å². The molecule has 0 aliphatic rings. The van der Waals surface area contributed by atoms with Crippen molar-refractivity contribution < 1.29 is 0 Å². The molecule has 0 rings (SSSR count). The molecule has 0 aliphatic carbocycles. The average molecular weight is 157 g/mol. The van der Waals surface area contributed by atoms with Gasteiger partial charge in [0.15, 0.2) is 0 Å². The molecule has 0 radical (unpaired) electrons. The molecule has 0 aromatic rings. The SMILES string of the molecule is CCCCCl.[Li][CH2]CCC. The Morgan fingerprint density at radius 3 is 1.60 bits per heavy atom. The van der Waals surface area contributed by atoms with Crippen molar-refractivity contribution in [3.8, 4) is 0 Å². The van der Waals surface area contributed by atoms with E-state index in [0.717, 1.165) is 12.3 Å². The summed E-state index contributed by atoms with van der Waals surface area (Å²) in [5.74, 6) is 0.816. The molecule has 0 unspecified atom stereocenters. The molecule has 0 N–H and O–H groups in total. The Morgan fingerprint density at radius 2 is 1.60 bits per heavy atom. The molecule has 0 atom stereocenters. The van der Waals surface area contributed by atoms with Crippen LogP contribution in [0.15, 0.2) is 0 Å². The van der Waals surface area contributed by atoms with E-state index in [0.29, 0.717) is 0 Å². The van der Waals surface area contributed by atoms with Crippen LogP contribution in [0, 0.1) is 0 Å². The first-order chi connectivity index (χ1) is 4.83. The molecule has 0 heterocycles. The maximum atomic E-state index is 5.30. The Morgan fingerprint density at radius 1 is 1.10 bits per heavy atom. The normalized spacial score (nSPS) is 8.50. The molecule has 2 heteroatoms.